The highest BCUT2D eigenvalue weighted by molar-refractivity contribution is 9.10. The van der Waals surface area contributed by atoms with E-state index in [1.165, 1.54) is 0 Å². The summed E-state index contributed by atoms with van der Waals surface area (Å²) in [5, 5.41) is 3.86. The number of nitrogens with one attached hydrogen (secondary N) is 1. The van der Waals surface area contributed by atoms with E-state index in [1.54, 1.807) is 17.0 Å². The largest absolute Gasteiger partial charge is 0.484 e. The Morgan fingerprint density at radius 3 is 2.41 bits per heavy atom. The minimum absolute atomic E-state index is 0.122. The minimum Gasteiger partial charge on any atom is -0.484 e. The van der Waals surface area contributed by atoms with E-state index in [1.807, 2.05) is 67.6 Å². The van der Waals surface area contributed by atoms with E-state index >= 15 is 0 Å². The summed E-state index contributed by atoms with van der Waals surface area (Å²) in [6.07, 6.45) is 4.60. The van der Waals surface area contributed by atoms with Crippen LogP contribution in [0.2, 0.25) is 5.02 Å². The van der Waals surface area contributed by atoms with Gasteiger partial charge in [-0.15, -0.1) is 0 Å². The van der Waals surface area contributed by atoms with Gasteiger partial charge >= 0.3 is 0 Å². The van der Waals surface area contributed by atoms with E-state index < -0.39 is 6.04 Å². The fourth-order valence-electron chi connectivity index (χ4n) is 4.64. The van der Waals surface area contributed by atoms with Gasteiger partial charge in [0.2, 0.25) is 5.91 Å². The SMILES string of the molecule is Cc1cc(OCC(=O)N(Cc2ccc(Br)cc2)[C@H](Cc2ccccc2)C(=O)NC2CCCC2)ccc1Cl. The van der Waals surface area contributed by atoms with E-state index in [-0.39, 0.29) is 24.5 Å². The molecule has 1 aliphatic carbocycles. The number of carbonyl (C=O) groups excluding carboxylic acids is 2. The van der Waals surface area contributed by atoms with Gasteiger partial charge in [0.05, 0.1) is 0 Å². The molecule has 1 aliphatic rings. The molecule has 0 aliphatic heterocycles. The molecule has 2 amide bonds. The molecular weight excluding hydrogens is 552 g/mol. The van der Waals surface area contributed by atoms with Crippen molar-refractivity contribution in [2.75, 3.05) is 6.61 Å². The number of halogens is 2. The molecule has 4 rings (SSSR count). The molecule has 1 fully saturated rings. The summed E-state index contributed by atoms with van der Waals surface area (Å²) in [5.41, 5.74) is 2.80. The average Bonchev–Trinajstić information content (AvgIpc) is 3.41. The molecule has 7 heteroatoms. The van der Waals surface area contributed by atoms with Gasteiger partial charge in [-0.1, -0.05) is 82.8 Å². The summed E-state index contributed by atoms with van der Waals surface area (Å²) in [7, 11) is 0. The molecule has 0 spiro atoms. The summed E-state index contributed by atoms with van der Waals surface area (Å²) in [5.74, 6) is 0.190. The van der Waals surface area contributed by atoms with Crippen molar-refractivity contribution in [2.45, 2.75) is 57.7 Å². The van der Waals surface area contributed by atoms with Crippen LogP contribution in [0.3, 0.4) is 0 Å². The molecule has 1 atom stereocenters. The zero-order valence-corrected chi connectivity index (χ0v) is 23.3. The van der Waals surface area contributed by atoms with Crippen molar-refractivity contribution in [1.82, 2.24) is 10.2 Å². The van der Waals surface area contributed by atoms with E-state index in [9.17, 15) is 9.59 Å². The lowest BCUT2D eigenvalue weighted by Gasteiger charge is -2.32. The van der Waals surface area contributed by atoms with Crippen molar-refractivity contribution >= 4 is 39.3 Å². The van der Waals surface area contributed by atoms with Gasteiger partial charge in [0, 0.05) is 28.5 Å². The van der Waals surface area contributed by atoms with Crippen LogP contribution in [0.4, 0.5) is 0 Å². The van der Waals surface area contributed by atoms with Gasteiger partial charge in [-0.2, -0.15) is 0 Å². The summed E-state index contributed by atoms with van der Waals surface area (Å²) >= 11 is 9.61. The average molecular weight is 584 g/mol. The van der Waals surface area contributed by atoms with Crippen LogP contribution in [0.1, 0.15) is 42.4 Å². The second kappa shape index (κ2) is 13.1. The number of aryl methyl sites for hydroxylation is 1. The first-order valence-corrected chi connectivity index (χ1v) is 13.8. The monoisotopic (exact) mass is 582 g/mol. The van der Waals surface area contributed by atoms with Gasteiger partial charge in [-0.3, -0.25) is 9.59 Å². The Labute approximate surface area is 232 Å². The van der Waals surface area contributed by atoms with Crippen LogP contribution in [-0.4, -0.2) is 35.4 Å². The Kier molecular flexibility index (Phi) is 9.64. The number of benzene rings is 3. The van der Waals surface area contributed by atoms with E-state index in [0.717, 1.165) is 46.8 Å². The predicted octanol–water partition coefficient (Wildman–Crippen LogP) is 6.49. The quantitative estimate of drug-likeness (QED) is 0.297. The van der Waals surface area contributed by atoms with Gasteiger partial charge < -0.3 is 15.0 Å². The van der Waals surface area contributed by atoms with Gasteiger partial charge in [0.15, 0.2) is 6.61 Å². The number of hydrogen-bond donors (Lipinski definition) is 1. The van der Waals surface area contributed by atoms with Crippen molar-refractivity contribution in [3.8, 4) is 5.75 Å². The Morgan fingerprint density at radius 1 is 1.03 bits per heavy atom. The van der Waals surface area contributed by atoms with Crippen LogP contribution in [-0.2, 0) is 22.6 Å². The maximum Gasteiger partial charge on any atom is 0.261 e. The summed E-state index contributed by atoms with van der Waals surface area (Å²) < 4.78 is 6.82. The van der Waals surface area contributed by atoms with Crippen molar-refractivity contribution in [3.05, 3.63) is 99.0 Å². The maximum atomic E-state index is 13.7. The number of ether oxygens (including phenoxy) is 1. The number of nitrogens with zero attached hydrogens (tertiary/aromatic N) is 1. The van der Waals surface area contributed by atoms with Crippen molar-refractivity contribution in [2.24, 2.45) is 0 Å². The van der Waals surface area contributed by atoms with Gasteiger partial charge in [-0.05, 0) is 66.8 Å². The molecule has 194 valence electrons. The normalized spacial score (nSPS) is 14.2. The lowest BCUT2D eigenvalue weighted by molar-refractivity contribution is -0.143. The molecule has 1 N–H and O–H groups in total. The molecule has 3 aromatic carbocycles. The maximum absolute atomic E-state index is 13.7. The zero-order chi connectivity index (χ0) is 26.2. The van der Waals surface area contributed by atoms with Crippen molar-refractivity contribution in [3.63, 3.8) is 0 Å². The van der Waals surface area contributed by atoms with Gasteiger partial charge in [0.1, 0.15) is 11.8 Å². The van der Waals surface area contributed by atoms with Crippen LogP contribution in [0.5, 0.6) is 5.75 Å². The van der Waals surface area contributed by atoms with Crippen molar-refractivity contribution in [1.29, 1.82) is 0 Å². The zero-order valence-electron chi connectivity index (χ0n) is 21.0. The standard InChI is InChI=1S/C30H32BrClN2O3/c1-21-17-26(15-16-27(21)32)37-20-29(35)34(19-23-11-13-24(31)14-12-23)28(18-22-7-3-2-4-8-22)30(36)33-25-9-5-6-10-25/h2-4,7-8,11-17,25,28H,5-6,9-10,18-20H2,1H3,(H,33,36)/t28-/m1/s1. The number of rotatable bonds is 10. The van der Waals surface area contributed by atoms with E-state index in [0.29, 0.717) is 23.7 Å². The van der Waals surface area contributed by atoms with Gasteiger partial charge in [-0.25, -0.2) is 0 Å². The first kappa shape index (κ1) is 27.2. The molecule has 0 bridgehead atoms. The Balaban J connectivity index is 1.60. The third-order valence-corrected chi connectivity index (χ3v) is 7.68. The fraction of sp³-hybridized carbons (Fsp3) is 0.333. The molecule has 5 nitrogen and oxygen atoms in total. The molecular formula is C30H32BrClN2O3. The second-order valence-electron chi connectivity index (χ2n) is 9.54. The molecule has 0 unspecified atom stereocenters. The van der Waals surface area contributed by atoms with Crippen LogP contribution in [0.25, 0.3) is 0 Å². The Hall–Kier alpha value is -2.83. The third kappa shape index (κ3) is 7.83. The Bertz CT molecular complexity index is 1200. The highest BCUT2D eigenvalue weighted by Crippen LogP contribution is 2.23. The summed E-state index contributed by atoms with van der Waals surface area (Å²) in [6, 6.07) is 22.4. The lowest BCUT2D eigenvalue weighted by atomic mass is 10.0. The third-order valence-electron chi connectivity index (χ3n) is 6.73. The molecule has 3 aromatic rings. The Morgan fingerprint density at radius 2 is 1.73 bits per heavy atom. The first-order valence-electron chi connectivity index (χ1n) is 12.7. The fourth-order valence-corrected chi connectivity index (χ4v) is 5.02. The molecule has 1 saturated carbocycles. The molecule has 0 aromatic heterocycles. The molecule has 0 radical (unpaired) electrons. The minimum atomic E-state index is -0.672. The predicted molar refractivity (Wildman–Crippen MR) is 151 cm³/mol. The van der Waals surface area contributed by atoms with Crippen LogP contribution < -0.4 is 10.1 Å². The van der Waals surface area contributed by atoms with E-state index in [4.69, 9.17) is 16.3 Å². The highest BCUT2D eigenvalue weighted by atomic mass is 79.9. The topological polar surface area (TPSA) is 58.6 Å². The molecule has 0 heterocycles. The second-order valence-corrected chi connectivity index (χ2v) is 10.9. The van der Waals surface area contributed by atoms with Gasteiger partial charge in [0.25, 0.3) is 5.91 Å². The number of carbonyl (C=O) groups is 2. The number of hydrogen-bond acceptors (Lipinski definition) is 3. The van der Waals surface area contributed by atoms with Crippen LogP contribution in [0, 0.1) is 6.92 Å². The first-order chi connectivity index (χ1) is 17.9. The molecule has 37 heavy (non-hydrogen) atoms. The highest BCUT2D eigenvalue weighted by Gasteiger charge is 2.32. The van der Waals surface area contributed by atoms with Crippen LogP contribution >= 0.6 is 27.5 Å². The smallest absolute Gasteiger partial charge is 0.261 e. The summed E-state index contributed by atoms with van der Waals surface area (Å²) in [6.45, 7) is 2.00. The van der Waals surface area contributed by atoms with E-state index in [2.05, 4.69) is 21.2 Å². The summed E-state index contributed by atoms with van der Waals surface area (Å²) in [4.78, 5) is 29.0. The molecule has 0 saturated heterocycles. The van der Waals surface area contributed by atoms with Crippen molar-refractivity contribution < 1.29 is 14.3 Å². The lowest BCUT2D eigenvalue weighted by Crippen LogP contribution is -2.53. The van der Waals surface area contributed by atoms with Crippen LogP contribution in [0.15, 0.2) is 77.3 Å². The number of amides is 2.